The summed E-state index contributed by atoms with van der Waals surface area (Å²) in [4.78, 5) is 34.7. The lowest BCUT2D eigenvalue weighted by Gasteiger charge is -2.32. The van der Waals surface area contributed by atoms with Crippen LogP contribution in [-0.2, 0) is 9.59 Å². The van der Waals surface area contributed by atoms with E-state index in [1.54, 1.807) is 6.20 Å². The largest absolute Gasteiger partial charge is 0.473 e. The number of nitrogens with zero attached hydrogens (tertiary/aromatic N) is 3. The summed E-state index contributed by atoms with van der Waals surface area (Å²) in [5, 5.41) is 2.83. The fourth-order valence-corrected chi connectivity index (χ4v) is 3.30. The van der Waals surface area contributed by atoms with Gasteiger partial charge in [-0.1, -0.05) is 19.1 Å². The average Bonchev–Trinajstić information content (AvgIpc) is 2.72. The van der Waals surface area contributed by atoms with Gasteiger partial charge in [0.25, 0.3) is 0 Å². The molecule has 1 N–H and O–H groups in total. The van der Waals surface area contributed by atoms with Crippen molar-refractivity contribution >= 4 is 22.8 Å². The maximum atomic E-state index is 12.3. The number of amides is 2. The second-order valence-electron chi connectivity index (χ2n) is 7.10. The monoisotopic (exact) mass is 384 g/mol. The van der Waals surface area contributed by atoms with E-state index in [1.807, 2.05) is 36.1 Å². The van der Waals surface area contributed by atoms with Gasteiger partial charge in [0.15, 0.2) is 0 Å². The Hall–Kier alpha value is -2.70. The van der Waals surface area contributed by atoms with Gasteiger partial charge in [0.2, 0.25) is 17.7 Å². The molecule has 0 atom stereocenters. The highest BCUT2D eigenvalue weighted by atomic mass is 16.5. The number of aromatic nitrogens is 2. The molecule has 1 aliphatic heterocycles. The van der Waals surface area contributed by atoms with Crippen LogP contribution < -0.4 is 10.1 Å². The molecule has 0 unspecified atom stereocenters. The number of carbonyl (C=O) groups is 2. The van der Waals surface area contributed by atoms with E-state index in [4.69, 9.17) is 4.74 Å². The topological polar surface area (TPSA) is 84.4 Å². The number of fused-ring (bicyclic) bond motifs is 1. The second-order valence-corrected chi connectivity index (χ2v) is 7.10. The van der Waals surface area contributed by atoms with Gasteiger partial charge in [0, 0.05) is 45.3 Å². The van der Waals surface area contributed by atoms with Crippen molar-refractivity contribution < 1.29 is 14.3 Å². The molecule has 0 bridgehead atoms. The quantitative estimate of drug-likeness (QED) is 0.756. The highest BCUT2D eigenvalue weighted by Gasteiger charge is 2.24. The van der Waals surface area contributed by atoms with E-state index in [1.165, 1.54) is 0 Å². The molecule has 2 amide bonds. The normalized spacial score (nSPS) is 14.8. The number of carbonyl (C=O) groups excluding carboxylic acids is 2. The van der Waals surface area contributed by atoms with Gasteiger partial charge in [-0.15, -0.1) is 0 Å². The number of likely N-dealkylation sites (tertiary alicyclic amines) is 1. The third-order valence-electron chi connectivity index (χ3n) is 4.88. The summed E-state index contributed by atoms with van der Waals surface area (Å²) < 4.78 is 5.98. The van der Waals surface area contributed by atoms with Crippen molar-refractivity contribution in [1.29, 1.82) is 0 Å². The highest BCUT2D eigenvalue weighted by Crippen LogP contribution is 2.19. The van der Waals surface area contributed by atoms with Crippen LogP contribution in [-0.4, -0.2) is 52.4 Å². The molecule has 0 saturated carbocycles. The lowest BCUT2D eigenvalue weighted by atomic mass is 10.1. The van der Waals surface area contributed by atoms with Crippen LogP contribution in [0.5, 0.6) is 5.88 Å². The zero-order valence-electron chi connectivity index (χ0n) is 16.4. The Balaban J connectivity index is 1.40. The standard InChI is InChI=1S/C21H28N4O3/c1-2-12-22-19(26)8-5-9-21(27)25-13-10-16(11-14-25)28-20-15-23-17-6-3-4-7-18(17)24-20/h3-4,6-7,15-16H,2,5,8-14H2,1H3,(H,22,26). The molecule has 150 valence electrons. The van der Waals surface area contributed by atoms with Gasteiger partial charge in [-0.25, -0.2) is 9.97 Å². The van der Waals surface area contributed by atoms with Crippen LogP contribution in [0.2, 0.25) is 0 Å². The van der Waals surface area contributed by atoms with Gasteiger partial charge in [0.05, 0.1) is 17.2 Å². The van der Waals surface area contributed by atoms with Gasteiger partial charge in [-0.2, -0.15) is 0 Å². The van der Waals surface area contributed by atoms with Crippen molar-refractivity contribution in [2.24, 2.45) is 0 Å². The second kappa shape index (κ2) is 10.0. The fraction of sp³-hybridized carbons (Fsp3) is 0.524. The van der Waals surface area contributed by atoms with Crippen LogP contribution in [0.1, 0.15) is 45.4 Å². The van der Waals surface area contributed by atoms with E-state index in [0.717, 1.165) is 30.3 Å². The average molecular weight is 384 g/mol. The lowest BCUT2D eigenvalue weighted by molar-refractivity contribution is -0.133. The summed E-state index contributed by atoms with van der Waals surface area (Å²) in [7, 11) is 0. The molecule has 0 spiro atoms. The van der Waals surface area contributed by atoms with Crippen LogP contribution in [0.4, 0.5) is 0 Å². The number of nitrogens with one attached hydrogen (secondary N) is 1. The highest BCUT2D eigenvalue weighted by molar-refractivity contribution is 5.79. The smallest absolute Gasteiger partial charge is 0.233 e. The molecule has 7 nitrogen and oxygen atoms in total. The van der Waals surface area contributed by atoms with Crippen molar-refractivity contribution in [1.82, 2.24) is 20.2 Å². The number of ether oxygens (including phenoxy) is 1. The summed E-state index contributed by atoms with van der Waals surface area (Å²) >= 11 is 0. The van der Waals surface area contributed by atoms with E-state index >= 15 is 0 Å². The Morgan fingerprint density at radius 1 is 1.18 bits per heavy atom. The molecule has 0 aliphatic carbocycles. The molecule has 1 fully saturated rings. The molecule has 0 radical (unpaired) electrons. The van der Waals surface area contributed by atoms with E-state index in [0.29, 0.717) is 44.8 Å². The van der Waals surface area contributed by atoms with Gasteiger partial charge in [0.1, 0.15) is 6.10 Å². The third kappa shape index (κ3) is 5.65. The number of hydrogen-bond acceptors (Lipinski definition) is 5. The number of rotatable bonds is 8. The minimum Gasteiger partial charge on any atom is -0.473 e. The van der Waals surface area contributed by atoms with E-state index in [-0.39, 0.29) is 17.9 Å². The summed E-state index contributed by atoms with van der Waals surface area (Å²) in [6, 6.07) is 7.70. The molecule has 1 aromatic carbocycles. The first-order chi connectivity index (χ1) is 13.7. The first kappa shape index (κ1) is 20.0. The number of hydrogen-bond donors (Lipinski definition) is 1. The Labute approximate surface area is 165 Å². The molecule has 3 rings (SSSR count). The van der Waals surface area contributed by atoms with Crippen LogP contribution in [0.15, 0.2) is 30.5 Å². The Bertz CT molecular complexity index is 803. The minimum atomic E-state index is 0.0262. The van der Waals surface area contributed by atoms with Crippen molar-refractivity contribution in [2.75, 3.05) is 19.6 Å². The van der Waals surface area contributed by atoms with Crippen molar-refractivity contribution in [3.05, 3.63) is 30.5 Å². The molecule has 1 saturated heterocycles. The van der Waals surface area contributed by atoms with Crippen LogP contribution >= 0.6 is 0 Å². The Morgan fingerprint density at radius 3 is 2.68 bits per heavy atom. The van der Waals surface area contributed by atoms with E-state index in [2.05, 4.69) is 15.3 Å². The van der Waals surface area contributed by atoms with E-state index in [9.17, 15) is 9.59 Å². The number of benzene rings is 1. The first-order valence-electron chi connectivity index (χ1n) is 10.1. The van der Waals surface area contributed by atoms with Crippen molar-refractivity contribution in [2.45, 2.75) is 51.6 Å². The number of para-hydroxylation sites is 2. The van der Waals surface area contributed by atoms with Gasteiger partial charge in [-0.3, -0.25) is 9.59 Å². The molecule has 1 aromatic heterocycles. The van der Waals surface area contributed by atoms with Crippen LogP contribution in [0, 0.1) is 0 Å². The first-order valence-corrected chi connectivity index (χ1v) is 10.1. The molecular weight excluding hydrogens is 356 g/mol. The maximum Gasteiger partial charge on any atom is 0.233 e. The molecular formula is C21H28N4O3. The summed E-state index contributed by atoms with van der Waals surface area (Å²) in [6.07, 6.45) is 5.59. The Morgan fingerprint density at radius 2 is 1.93 bits per heavy atom. The predicted octanol–water partition coefficient (Wildman–Crippen LogP) is 2.70. The molecule has 1 aliphatic rings. The maximum absolute atomic E-state index is 12.3. The van der Waals surface area contributed by atoms with Crippen molar-refractivity contribution in [3.63, 3.8) is 0 Å². The fourth-order valence-electron chi connectivity index (χ4n) is 3.30. The lowest BCUT2D eigenvalue weighted by Crippen LogP contribution is -2.41. The molecule has 2 heterocycles. The zero-order chi connectivity index (χ0) is 19.8. The SMILES string of the molecule is CCCNC(=O)CCCC(=O)N1CCC(Oc2cnc3ccccc3n2)CC1. The zero-order valence-corrected chi connectivity index (χ0v) is 16.4. The van der Waals surface area contributed by atoms with Crippen LogP contribution in [0.25, 0.3) is 11.0 Å². The van der Waals surface area contributed by atoms with Crippen molar-refractivity contribution in [3.8, 4) is 5.88 Å². The van der Waals surface area contributed by atoms with Gasteiger partial charge in [-0.05, 0) is 25.0 Å². The van der Waals surface area contributed by atoms with Gasteiger partial charge < -0.3 is 15.0 Å². The molecule has 28 heavy (non-hydrogen) atoms. The summed E-state index contributed by atoms with van der Waals surface area (Å²) in [6.45, 7) is 4.06. The molecule has 2 aromatic rings. The van der Waals surface area contributed by atoms with Gasteiger partial charge >= 0.3 is 0 Å². The number of piperidine rings is 1. The van der Waals surface area contributed by atoms with Crippen LogP contribution in [0.3, 0.4) is 0 Å². The third-order valence-corrected chi connectivity index (χ3v) is 4.88. The summed E-state index contributed by atoms with van der Waals surface area (Å²) in [5.41, 5.74) is 1.66. The minimum absolute atomic E-state index is 0.0262. The Kier molecular flexibility index (Phi) is 7.17. The predicted molar refractivity (Wildman–Crippen MR) is 107 cm³/mol. The van der Waals surface area contributed by atoms with E-state index < -0.39 is 0 Å². The molecule has 7 heteroatoms. The summed E-state index contributed by atoms with van der Waals surface area (Å²) in [5.74, 6) is 0.673.